The molecular formula is C24H23N3O2. The van der Waals surface area contributed by atoms with Crippen LogP contribution >= 0.6 is 0 Å². The van der Waals surface area contributed by atoms with E-state index in [0.29, 0.717) is 11.1 Å². The second kappa shape index (κ2) is 7.87. The zero-order valence-electron chi connectivity index (χ0n) is 16.3. The summed E-state index contributed by atoms with van der Waals surface area (Å²) in [5, 5.41) is 0. The second-order valence-corrected chi connectivity index (χ2v) is 7.43. The van der Waals surface area contributed by atoms with Crippen LogP contribution in [-0.4, -0.2) is 21.7 Å². The highest BCUT2D eigenvalue weighted by molar-refractivity contribution is 5.98. The van der Waals surface area contributed by atoms with Crippen molar-refractivity contribution in [1.82, 2.24) is 9.88 Å². The zero-order valence-corrected chi connectivity index (χ0v) is 16.3. The highest BCUT2D eigenvalue weighted by Crippen LogP contribution is 2.41. The number of aryl methyl sites for hydroxylation is 2. The minimum Gasteiger partial charge on any atom is -0.368 e. The lowest BCUT2D eigenvalue weighted by Crippen LogP contribution is -2.43. The van der Waals surface area contributed by atoms with Crippen LogP contribution in [0, 0.1) is 6.92 Å². The van der Waals surface area contributed by atoms with Gasteiger partial charge in [0.2, 0.25) is 5.91 Å². The van der Waals surface area contributed by atoms with Crippen LogP contribution in [0.5, 0.6) is 0 Å². The average molecular weight is 385 g/mol. The van der Waals surface area contributed by atoms with Gasteiger partial charge in [0.15, 0.2) is 0 Å². The number of fused-ring (bicyclic) bond motifs is 1. The molecule has 0 unspecified atom stereocenters. The lowest BCUT2D eigenvalue weighted by atomic mass is 9.98. The van der Waals surface area contributed by atoms with Crippen molar-refractivity contribution in [2.75, 3.05) is 0 Å². The van der Waals surface area contributed by atoms with Gasteiger partial charge in [0.05, 0.1) is 6.04 Å². The molecule has 0 aliphatic heterocycles. The Morgan fingerprint density at radius 2 is 1.90 bits per heavy atom. The van der Waals surface area contributed by atoms with Crippen LogP contribution < -0.4 is 5.73 Å². The Morgan fingerprint density at radius 3 is 2.59 bits per heavy atom. The lowest BCUT2D eigenvalue weighted by Gasteiger charge is -2.35. The molecule has 0 saturated heterocycles. The van der Waals surface area contributed by atoms with Crippen LogP contribution in [0.2, 0.25) is 0 Å². The van der Waals surface area contributed by atoms with Gasteiger partial charge in [-0.3, -0.25) is 14.6 Å². The van der Waals surface area contributed by atoms with Crippen molar-refractivity contribution in [3.05, 3.63) is 101 Å². The number of hydrogen-bond donors (Lipinski definition) is 1. The molecule has 29 heavy (non-hydrogen) atoms. The summed E-state index contributed by atoms with van der Waals surface area (Å²) >= 11 is 0. The van der Waals surface area contributed by atoms with E-state index in [1.165, 1.54) is 5.56 Å². The number of aromatic nitrogens is 1. The number of hydrogen-bond acceptors (Lipinski definition) is 3. The number of nitrogens with zero attached hydrogens (tertiary/aromatic N) is 2. The van der Waals surface area contributed by atoms with Crippen molar-refractivity contribution in [3.63, 3.8) is 0 Å². The number of carbonyl (C=O) groups excluding carboxylic acids is 2. The van der Waals surface area contributed by atoms with Crippen LogP contribution in [-0.2, 0) is 11.2 Å². The monoisotopic (exact) mass is 385 g/mol. The Balaban J connectivity index is 1.86. The smallest absolute Gasteiger partial charge is 0.255 e. The third-order valence-corrected chi connectivity index (χ3v) is 5.49. The molecule has 2 aromatic carbocycles. The fraction of sp³-hybridized carbons (Fsp3) is 0.208. The number of carbonyl (C=O) groups is 2. The minimum absolute atomic E-state index is 0.211. The number of pyridine rings is 1. The number of primary amides is 1. The molecule has 0 bridgehead atoms. The van der Waals surface area contributed by atoms with Crippen LogP contribution in [0.1, 0.15) is 51.1 Å². The zero-order chi connectivity index (χ0) is 20.4. The largest absolute Gasteiger partial charge is 0.368 e. The van der Waals surface area contributed by atoms with Crippen molar-refractivity contribution in [2.24, 2.45) is 5.73 Å². The molecule has 0 radical (unpaired) electrons. The topological polar surface area (TPSA) is 76.3 Å². The first-order valence-electron chi connectivity index (χ1n) is 9.72. The third-order valence-electron chi connectivity index (χ3n) is 5.49. The maximum Gasteiger partial charge on any atom is 0.255 e. The van der Waals surface area contributed by atoms with Gasteiger partial charge in [0.1, 0.15) is 6.04 Å². The van der Waals surface area contributed by atoms with Crippen molar-refractivity contribution < 1.29 is 9.59 Å². The van der Waals surface area contributed by atoms with Gasteiger partial charge in [-0.15, -0.1) is 0 Å². The third kappa shape index (κ3) is 3.63. The summed E-state index contributed by atoms with van der Waals surface area (Å²) < 4.78 is 0. The summed E-state index contributed by atoms with van der Waals surface area (Å²) in [5.74, 6) is -0.777. The Bertz CT molecular complexity index is 1030. The Morgan fingerprint density at radius 1 is 1.10 bits per heavy atom. The van der Waals surface area contributed by atoms with Gasteiger partial charge in [-0.25, -0.2) is 0 Å². The molecule has 0 saturated carbocycles. The fourth-order valence-corrected chi connectivity index (χ4v) is 4.16. The van der Waals surface area contributed by atoms with E-state index in [9.17, 15) is 9.59 Å². The molecule has 3 aromatic rings. The second-order valence-electron chi connectivity index (χ2n) is 7.43. The van der Waals surface area contributed by atoms with Crippen LogP contribution in [0.25, 0.3) is 0 Å². The molecule has 2 N–H and O–H groups in total. The number of rotatable bonds is 5. The van der Waals surface area contributed by atoms with E-state index in [1.54, 1.807) is 41.6 Å². The first-order chi connectivity index (χ1) is 14.1. The first-order valence-corrected chi connectivity index (χ1v) is 9.72. The molecule has 2 amide bonds. The van der Waals surface area contributed by atoms with E-state index < -0.39 is 11.9 Å². The number of nitrogens with two attached hydrogens (primary N) is 1. The van der Waals surface area contributed by atoms with E-state index in [4.69, 9.17) is 5.73 Å². The molecule has 5 nitrogen and oxygen atoms in total. The molecule has 1 aromatic heterocycles. The Kier molecular flexibility index (Phi) is 5.12. The molecular weight excluding hydrogens is 362 g/mol. The van der Waals surface area contributed by atoms with Crippen LogP contribution in [0.15, 0.2) is 73.1 Å². The summed E-state index contributed by atoms with van der Waals surface area (Å²) in [4.78, 5) is 32.1. The van der Waals surface area contributed by atoms with Crippen molar-refractivity contribution in [2.45, 2.75) is 31.8 Å². The maximum absolute atomic E-state index is 13.6. The number of amides is 2. The molecule has 1 heterocycles. The van der Waals surface area contributed by atoms with Crippen LogP contribution in [0.3, 0.4) is 0 Å². The predicted molar refractivity (Wildman–Crippen MR) is 111 cm³/mol. The van der Waals surface area contributed by atoms with E-state index in [1.807, 2.05) is 25.1 Å². The first kappa shape index (κ1) is 18.9. The highest BCUT2D eigenvalue weighted by atomic mass is 16.2. The summed E-state index contributed by atoms with van der Waals surface area (Å²) in [6, 6.07) is 17.8. The molecule has 1 aliphatic rings. The molecule has 0 spiro atoms. The Hall–Kier alpha value is -3.47. The standard InChI is InChI=1S/C24H23N3O2/c1-16-9-10-17-11-12-21(20(17)14-16)27(24(29)18-6-3-2-4-7-18)22(23(25)28)19-8-5-13-26-15-19/h2-10,13-15,21-22H,11-12H2,1H3,(H2,25,28)/t21-,22-/m1/s1. The van der Waals surface area contributed by atoms with Crippen molar-refractivity contribution in [3.8, 4) is 0 Å². The fourth-order valence-electron chi connectivity index (χ4n) is 4.16. The lowest BCUT2D eigenvalue weighted by molar-refractivity contribution is -0.123. The highest BCUT2D eigenvalue weighted by Gasteiger charge is 2.39. The van der Waals surface area contributed by atoms with Gasteiger partial charge in [0, 0.05) is 23.5 Å². The maximum atomic E-state index is 13.6. The average Bonchev–Trinajstić information content (AvgIpc) is 3.15. The minimum atomic E-state index is -0.895. The summed E-state index contributed by atoms with van der Waals surface area (Å²) in [6.45, 7) is 2.03. The summed E-state index contributed by atoms with van der Waals surface area (Å²) in [7, 11) is 0. The van der Waals surface area contributed by atoms with E-state index in [2.05, 4.69) is 23.2 Å². The van der Waals surface area contributed by atoms with Gasteiger partial charge in [0.25, 0.3) is 5.91 Å². The van der Waals surface area contributed by atoms with Gasteiger partial charge in [-0.1, -0.05) is 48.0 Å². The van der Waals surface area contributed by atoms with Gasteiger partial charge >= 0.3 is 0 Å². The quantitative estimate of drug-likeness (QED) is 0.727. The van der Waals surface area contributed by atoms with Gasteiger partial charge < -0.3 is 10.6 Å². The van der Waals surface area contributed by atoms with Gasteiger partial charge in [-0.05, 0) is 49.1 Å². The summed E-state index contributed by atoms with van der Waals surface area (Å²) in [5.41, 5.74) is 10.4. The molecule has 4 rings (SSSR count). The number of benzene rings is 2. The predicted octanol–water partition coefficient (Wildman–Crippen LogP) is 3.75. The van der Waals surface area contributed by atoms with E-state index in [0.717, 1.165) is 24.0 Å². The Labute approximate surface area is 170 Å². The summed E-state index contributed by atoms with van der Waals surface area (Å²) in [6.07, 6.45) is 4.85. The SMILES string of the molecule is Cc1ccc2c(c1)[C@H](N(C(=O)c1ccccc1)[C@@H](C(N)=O)c1cccnc1)CC2. The van der Waals surface area contributed by atoms with Crippen molar-refractivity contribution >= 4 is 11.8 Å². The van der Waals surface area contributed by atoms with Crippen molar-refractivity contribution in [1.29, 1.82) is 0 Å². The van der Waals surface area contributed by atoms with Gasteiger partial charge in [-0.2, -0.15) is 0 Å². The molecule has 0 fully saturated rings. The molecule has 1 aliphatic carbocycles. The molecule has 2 atom stereocenters. The van der Waals surface area contributed by atoms with E-state index >= 15 is 0 Å². The van der Waals surface area contributed by atoms with Crippen LogP contribution in [0.4, 0.5) is 0 Å². The molecule has 146 valence electrons. The molecule has 5 heteroatoms. The normalized spacial score (nSPS) is 16.1. The van der Waals surface area contributed by atoms with E-state index in [-0.39, 0.29) is 11.9 Å².